The van der Waals surface area contributed by atoms with Gasteiger partial charge in [0.15, 0.2) is 0 Å². The number of hydrogen-bond donors (Lipinski definition) is 3. The summed E-state index contributed by atoms with van der Waals surface area (Å²) in [6.07, 6.45) is 2.30. The summed E-state index contributed by atoms with van der Waals surface area (Å²) < 4.78 is 0.907. The molecule has 2 aromatic rings. The fourth-order valence-corrected chi connectivity index (χ4v) is 2.90. The molecule has 0 aliphatic carbocycles. The molecule has 0 aliphatic heterocycles. The van der Waals surface area contributed by atoms with Gasteiger partial charge in [0, 0.05) is 19.3 Å². The molecule has 2 aromatic heterocycles. The van der Waals surface area contributed by atoms with Gasteiger partial charge in [0.05, 0.1) is 10.4 Å². The van der Waals surface area contributed by atoms with Crippen molar-refractivity contribution in [3.05, 3.63) is 23.2 Å². The van der Waals surface area contributed by atoms with Crippen LogP contribution in [-0.2, 0) is 0 Å². The molecule has 108 valence electrons. The third kappa shape index (κ3) is 3.08. The van der Waals surface area contributed by atoms with E-state index in [2.05, 4.69) is 10.3 Å². The van der Waals surface area contributed by atoms with E-state index in [4.69, 9.17) is 10.8 Å². The number of carbonyl (C=O) groups excluding carboxylic acids is 1. The molecule has 0 radical (unpaired) electrons. The molecule has 0 unspecified atom stereocenters. The number of hydrogen-bond acceptors (Lipinski definition) is 5. The third-order valence-corrected chi connectivity index (χ3v) is 4.36. The van der Waals surface area contributed by atoms with Crippen LogP contribution in [0.2, 0.25) is 0 Å². The summed E-state index contributed by atoms with van der Waals surface area (Å²) in [7, 11) is 0. The van der Waals surface area contributed by atoms with Crippen molar-refractivity contribution in [1.82, 2.24) is 10.3 Å². The number of rotatable bonds is 5. The Kier molecular flexibility index (Phi) is 4.25. The number of pyridine rings is 1. The molecule has 0 atom stereocenters. The van der Waals surface area contributed by atoms with E-state index < -0.39 is 0 Å². The monoisotopic (exact) mass is 293 g/mol. The lowest BCUT2D eigenvalue weighted by atomic mass is 9.90. The van der Waals surface area contributed by atoms with Crippen molar-refractivity contribution in [2.75, 3.05) is 18.9 Å². The summed E-state index contributed by atoms with van der Waals surface area (Å²) in [4.78, 5) is 16.9. The summed E-state index contributed by atoms with van der Waals surface area (Å²) in [6, 6.07) is 3.72. The maximum atomic E-state index is 12.2. The van der Waals surface area contributed by atoms with Gasteiger partial charge in [0.1, 0.15) is 10.4 Å². The van der Waals surface area contributed by atoms with Crippen molar-refractivity contribution in [3.8, 4) is 0 Å². The minimum atomic E-state index is -0.184. The lowest BCUT2D eigenvalue weighted by Gasteiger charge is -2.23. The van der Waals surface area contributed by atoms with E-state index in [1.165, 1.54) is 11.3 Å². The highest BCUT2D eigenvalue weighted by Gasteiger charge is 2.21. The first kappa shape index (κ1) is 14.7. The number of carbonyl (C=O) groups is 1. The van der Waals surface area contributed by atoms with E-state index in [-0.39, 0.29) is 17.9 Å². The van der Waals surface area contributed by atoms with Crippen molar-refractivity contribution >= 4 is 33.1 Å². The van der Waals surface area contributed by atoms with Crippen LogP contribution in [0.1, 0.15) is 29.9 Å². The van der Waals surface area contributed by atoms with Crippen LogP contribution in [0.4, 0.5) is 5.69 Å². The van der Waals surface area contributed by atoms with Crippen LogP contribution in [0, 0.1) is 5.41 Å². The van der Waals surface area contributed by atoms with Crippen LogP contribution in [-0.4, -0.2) is 29.1 Å². The second-order valence-electron chi connectivity index (χ2n) is 5.52. The Hall–Kier alpha value is -1.66. The van der Waals surface area contributed by atoms with Crippen molar-refractivity contribution in [2.45, 2.75) is 20.3 Å². The number of nitrogens with two attached hydrogens (primary N) is 1. The Morgan fingerprint density at radius 2 is 2.30 bits per heavy atom. The molecule has 0 aromatic carbocycles. The number of fused-ring (bicyclic) bond motifs is 1. The van der Waals surface area contributed by atoms with Gasteiger partial charge in [-0.25, -0.2) is 0 Å². The number of anilines is 1. The Morgan fingerprint density at radius 1 is 1.55 bits per heavy atom. The quantitative estimate of drug-likeness (QED) is 0.787. The molecule has 20 heavy (non-hydrogen) atoms. The van der Waals surface area contributed by atoms with E-state index in [1.807, 2.05) is 26.0 Å². The first-order valence-corrected chi connectivity index (χ1v) is 7.28. The standard InChI is InChI=1S/C14H19N3O2S/c1-14(2,5-7-18)8-17-13(19)12-10(15)11-9(20-12)4-3-6-16-11/h3-4,6,18H,5,7-8,15H2,1-2H3,(H,17,19). The predicted octanol–water partition coefficient (Wildman–Crippen LogP) is 2.02. The van der Waals surface area contributed by atoms with Gasteiger partial charge in [0.2, 0.25) is 0 Å². The first-order chi connectivity index (χ1) is 9.44. The largest absolute Gasteiger partial charge is 0.396 e. The van der Waals surface area contributed by atoms with Gasteiger partial charge in [-0.1, -0.05) is 13.8 Å². The van der Waals surface area contributed by atoms with Gasteiger partial charge in [-0.15, -0.1) is 11.3 Å². The molecule has 0 bridgehead atoms. The van der Waals surface area contributed by atoms with E-state index in [9.17, 15) is 4.79 Å². The maximum absolute atomic E-state index is 12.2. The van der Waals surface area contributed by atoms with Gasteiger partial charge in [-0.2, -0.15) is 0 Å². The molecule has 5 nitrogen and oxygen atoms in total. The highest BCUT2D eigenvalue weighted by Crippen LogP contribution is 2.31. The Bertz CT molecular complexity index is 622. The zero-order valence-corrected chi connectivity index (χ0v) is 12.5. The van der Waals surface area contributed by atoms with Gasteiger partial charge >= 0.3 is 0 Å². The Balaban J connectivity index is 2.14. The number of nitrogen functional groups attached to an aromatic ring is 1. The highest BCUT2D eigenvalue weighted by molar-refractivity contribution is 7.21. The van der Waals surface area contributed by atoms with Crippen LogP contribution in [0.25, 0.3) is 10.2 Å². The second kappa shape index (κ2) is 5.76. The molecule has 0 saturated heterocycles. The molecule has 0 saturated carbocycles. The lowest BCUT2D eigenvalue weighted by molar-refractivity contribution is 0.0933. The smallest absolute Gasteiger partial charge is 0.263 e. The maximum Gasteiger partial charge on any atom is 0.263 e. The van der Waals surface area contributed by atoms with Crippen LogP contribution in [0.3, 0.4) is 0 Å². The van der Waals surface area contributed by atoms with E-state index in [1.54, 1.807) is 6.20 Å². The number of aliphatic hydroxyl groups excluding tert-OH is 1. The van der Waals surface area contributed by atoms with Crippen molar-refractivity contribution in [2.24, 2.45) is 5.41 Å². The highest BCUT2D eigenvalue weighted by atomic mass is 32.1. The SMILES string of the molecule is CC(C)(CCO)CNC(=O)c1sc2cccnc2c1N. The molecule has 0 aliphatic rings. The van der Waals surface area contributed by atoms with E-state index in [0.29, 0.717) is 29.0 Å². The minimum absolute atomic E-state index is 0.109. The van der Waals surface area contributed by atoms with E-state index >= 15 is 0 Å². The average Bonchev–Trinajstić information content (AvgIpc) is 2.74. The number of aromatic nitrogens is 1. The number of nitrogens with one attached hydrogen (secondary N) is 1. The van der Waals surface area contributed by atoms with Crippen LogP contribution < -0.4 is 11.1 Å². The van der Waals surface area contributed by atoms with Crippen molar-refractivity contribution in [1.29, 1.82) is 0 Å². The van der Waals surface area contributed by atoms with Gasteiger partial charge in [-0.05, 0) is 24.0 Å². The molecule has 6 heteroatoms. The van der Waals surface area contributed by atoms with E-state index in [0.717, 1.165) is 4.70 Å². The summed E-state index contributed by atoms with van der Waals surface area (Å²) in [6.45, 7) is 4.60. The first-order valence-electron chi connectivity index (χ1n) is 6.47. The molecule has 2 heterocycles. The fraction of sp³-hybridized carbons (Fsp3) is 0.429. The second-order valence-corrected chi connectivity index (χ2v) is 6.57. The lowest BCUT2D eigenvalue weighted by Crippen LogP contribution is -2.34. The number of aliphatic hydroxyl groups is 1. The normalized spacial score (nSPS) is 11.8. The number of thiophene rings is 1. The van der Waals surface area contributed by atoms with Crippen molar-refractivity contribution in [3.63, 3.8) is 0 Å². The molecule has 0 fully saturated rings. The van der Waals surface area contributed by atoms with Gasteiger partial charge in [-0.3, -0.25) is 9.78 Å². The van der Waals surface area contributed by atoms with Gasteiger partial charge < -0.3 is 16.2 Å². The molecule has 4 N–H and O–H groups in total. The molecule has 1 amide bonds. The number of nitrogens with zero attached hydrogens (tertiary/aromatic N) is 1. The van der Waals surface area contributed by atoms with Crippen molar-refractivity contribution < 1.29 is 9.90 Å². The van der Waals surface area contributed by atoms with Crippen LogP contribution >= 0.6 is 11.3 Å². The minimum Gasteiger partial charge on any atom is -0.396 e. The van der Waals surface area contributed by atoms with Gasteiger partial charge in [0.25, 0.3) is 5.91 Å². The summed E-state index contributed by atoms with van der Waals surface area (Å²) >= 11 is 1.35. The van der Waals surface area contributed by atoms with Crippen LogP contribution in [0.5, 0.6) is 0 Å². The summed E-state index contributed by atoms with van der Waals surface area (Å²) in [5.41, 5.74) is 6.95. The third-order valence-electron chi connectivity index (χ3n) is 3.20. The zero-order chi connectivity index (χ0) is 14.8. The predicted molar refractivity (Wildman–Crippen MR) is 81.8 cm³/mol. The number of amides is 1. The molecule has 2 rings (SSSR count). The fourth-order valence-electron chi connectivity index (χ4n) is 1.91. The zero-order valence-electron chi connectivity index (χ0n) is 11.6. The Morgan fingerprint density at radius 3 is 2.95 bits per heavy atom. The topological polar surface area (TPSA) is 88.2 Å². The Labute approximate surface area is 121 Å². The van der Waals surface area contributed by atoms with Crippen LogP contribution in [0.15, 0.2) is 18.3 Å². The summed E-state index contributed by atoms with van der Waals surface area (Å²) in [5.74, 6) is -0.184. The molecular weight excluding hydrogens is 274 g/mol. The average molecular weight is 293 g/mol. The molecule has 0 spiro atoms. The summed E-state index contributed by atoms with van der Waals surface area (Å²) in [5, 5.41) is 11.9. The molecular formula is C14H19N3O2S.